The minimum Gasteiger partial charge on any atom is -0.366 e. The van der Waals surface area contributed by atoms with Crippen LogP contribution in [0.25, 0.3) is 11.0 Å². The second-order valence-corrected chi connectivity index (χ2v) is 9.45. The average molecular weight is 414 g/mol. The summed E-state index contributed by atoms with van der Waals surface area (Å²) >= 11 is 0. The average Bonchev–Trinajstić information content (AvgIpc) is 3.03. The van der Waals surface area contributed by atoms with E-state index in [9.17, 15) is 14.4 Å². The molecule has 30 heavy (non-hydrogen) atoms. The van der Waals surface area contributed by atoms with Crippen LogP contribution in [0.15, 0.2) is 23.0 Å². The summed E-state index contributed by atoms with van der Waals surface area (Å²) in [5.74, 6) is -0.298. The fourth-order valence-corrected chi connectivity index (χ4v) is 4.64. The third-order valence-electron chi connectivity index (χ3n) is 6.75. The summed E-state index contributed by atoms with van der Waals surface area (Å²) in [4.78, 5) is 43.7. The van der Waals surface area contributed by atoms with Crippen molar-refractivity contribution >= 4 is 22.8 Å². The Morgan fingerprint density at radius 1 is 1.13 bits per heavy atom. The quantitative estimate of drug-likeness (QED) is 0.796. The first-order chi connectivity index (χ1) is 14.2. The monoisotopic (exact) mass is 413 g/mol. The molecule has 8 heteroatoms. The van der Waals surface area contributed by atoms with E-state index in [4.69, 9.17) is 5.73 Å². The van der Waals surface area contributed by atoms with E-state index in [1.807, 2.05) is 4.90 Å². The molecule has 0 atom stereocenters. The Balaban J connectivity index is 1.38. The summed E-state index contributed by atoms with van der Waals surface area (Å²) in [6.07, 6.45) is 3.74. The second kappa shape index (κ2) is 7.91. The summed E-state index contributed by atoms with van der Waals surface area (Å²) in [6.45, 7) is 8.25. The summed E-state index contributed by atoms with van der Waals surface area (Å²) in [5, 5.41) is 0. The molecule has 1 aromatic carbocycles. The van der Waals surface area contributed by atoms with Crippen LogP contribution in [0.3, 0.4) is 0 Å². The first-order valence-corrected chi connectivity index (χ1v) is 10.8. The Bertz CT molecular complexity index is 1000. The van der Waals surface area contributed by atoms with Crippen LogP contribution < -0.4 is 11.4 Å². The van der Waals surface area contributed by atoms with Crippen LogP contribution >= 0.6 is 0 Å². The Morgan fingerprint density at radius 2 is 1.80 bits per heavy atom. The van der Waals surface area contributed by atoms with Gasteiger partial charge in [0, 0.05) is 37.8 Å². The third-order valence-corrected chi connectivity index (χ3v) is 6.75. The molecule has 0 bridgehead atoms. The van der Waals surface area contributed by atoms with Crippen LogP contribution in [0.5, 0.6) is 0 Å². The number of amides is 2. The molecule has 0 saturated carbocycles. The number of piperidine rings is 2. The molecule has 0 spiro atoms. The van der Waals surface area contributed by atoms with Crippen LogP contribution in [-0.4, -0.2) is 63.9 Å². The van der Waals surface area contributed by atoms with Gasteiger partial charge in [0.2, 0.25) is 11.8 Å². The molecule has 162 valence electrons. The highest BCUT2D eigenvalue weighted by Gasteiger charge is 2.30. The van der Waals surface area contributed by atoms with E-state index >= 15 is 0 Å². The third kappa shape index (κ3) is 4.14. The van der Waals surface area contributed by atoms with Gasteiger partial charge in [-0.25, -0.2) is 4.79 Å². The topological polar surface area (TPSA) is 104 Å². The molecule has 0 radical (unpaired) electrons. The number of aromatic amines is 1. The molecule has 8 nitrogen and oxygen atoms in total. The number of carbonyl (C=O) groups excluding carboxylic acids is 2. The highest BCUT2D eigenvalue weighted by Crippen LogP contribution is 2.30. The number of likely N-dealkylation sites (tertiary alicyclic amines) is 2. The number of fused-ring (bicyclic) bond motifs is 1. The lowest BCUT2D eigenvalue weighted by molar-refractivity contribution is -0.134. The van der Waals surface area contributed by atoms with Crippen molar-refractivity contribution < 1.29 is 9.59 Å². The summed E-state index contributed by atoms with van der Waals surface area (Å²) in [5.41, 5.74) is 7.30. The van der Waals surface area contributed by atoms with Gasteiger partial charge in [0.25, 0.3) is 0 Å². The lowest BCUT2D eigenvalue weighted by Crippen LogP contribution is -2.47. The van der Waals surface area contributed by atoms with Gasteiger partial charge in [-0.15, -0.1) is 0 Å². The van der Waals surface area contributed by atoms with Gasteiger partial charge in [-0.1, -0.05) is 13.8 Å². The van der Waals surface area contributed by atoms with Crippen molar-refractivity contribution in [3.8, 4) is 0 Å². The molecule has 4 rings (SSSR count). The first kappa shape index (κ1) is 20.7. The molecule has 2 saturated heterocycles. The van der Waals surface area contributed by atoms with Crippen molar-refractivity contribution in [2.24, 2.45) is 11.1 Å². The zero-order chi connectivity index (χ0) is 21.5. The van der Waals surface area contributed by atoms with Crippen LogP contribution in [0, 0.1) is 5.41 Å². The van der Waals surface area contributed by atoms with Gasteiger partial charge in [0.15, 0.2) is 0 Å². The molecule has 2 amide bonds. The lowest BCUT2D eigenvalue weighted by Gasteiger charge is -2.38. The van der Waals surface area contributed by atoms with Gasteiger partial charge in [-0.2, -0.15) is 0 Å². The standard InChI is InChI=1S/C22H31N5O3/c1-22(2)7-11-26(12-8-22)19(28)14-25-9-5-16(6-10-25)27-18-4-3-15(20(23)29)13-17(18)24-21(27)30/h3-4,13,16H,5-12,14H2,1-2H3,(H2,23,29)(H,24,30). The van der Waals surface area contributed by atoms with Gasteiger partial charge in [-0.05, 0) is 49.3 Å². The molecular formula is C22H31N5O3. The van der Waals surface area contributed by atoms with Crippen molar-refractivity contribution in [3.63, 3.8) is 0 Å². The summed E-state index contributed by atoms with van der Waals surface area (Å²) < 4.78 is 1.78. The minimum atomic E-state index is -0.513. The van der Waals surface area contributed by atoms with Crippen molar-refractivity contribution in [2.75, 3.05) is 32.7 Å². The molecule has 0 unspecified atom stereocenters. The predicted octanol–water partition coefficient (Wildman–Crippen LogP) is 1.71. The second-order valence-electron chi connectivity index (χ2n) is 9.45. The van der Waals surface area contributed by atoms with Crippen molar-refractivity contribution in [1.82, 2.24) is 19.4 Å². The molecular weight excluding hydrogens is 382 g/mol. The van der Waals surface area contributed by atoms with E-state index in [0.29, 0.717) is 23.0 Å². The minimum absolute atomic E-state index is 0.0767. The van der Waals surface area contributed by atoms with Crippen molar-refractivity contribution in [3.05, 3.63) is 34.2 Å². The van der Waals surface area contributed by atoms with Crippen LogP contribution in [0.1, 0.15) is 55.9 Å². The van der Waals surface area contributed by atoms with Crippen LogP contribution in [0.4, 0.5) is 0 Å². The SMILES string of the molecule is CC1(C)CCN(C(=O)CN2CCC(n3c(=O)[nH]c4cc(C(N)=O)ccc43)CC2)CC1. The smallest absolute Gasteiger partial charge is 0.326 e. The fourth-order valence-electron chi connectivity index (χ4n) is 4.64. The molecule has 2 aliphatic rings. The Kier molecular flexibility index (Phi) is 5.44. The van der Waals surface area contributed by atoms with E-state index in [-0.39, 0.29) is 17.6 Å². The summed E-state index contributed by atoms with van der Waals surface area (Å²) in [7, 11) is 0. The number of nitrogens with one attached hydrogen (secondary N) is 1. The number of primary amides is 1. The van der Waals surface area contributed by atoms with Gasteiger partial charge < -0.3 is 15.6 Å². The Labute approximate surface area is 176 Å². The molecule has 2 fully saturated rings. The number of aromatic nitrogens is 2. The molecule has 2 aliphatic heterocycles. The maximum absolute atomic E-state index is 12.7. The van der Waals surface area contributed by atoms with E-state index < -0.39 is 5.91 Å². The number of nitrogens with two attached hydrogens (primary N) is 1. The lowest BCUT2D eigenvalue weighted by atomic mass is 9.82. The van der Waals surface area contributed by atoms with Gasteiger partial charge in [0.05, 0.1) is 17.6 Å². The van der Waals surface area contributed by atoms with Crippen LogP contribution in [0.2, 0.25) is 0 Å². The number of hydrogen-bond acceptors (Lipinski definition) is 4. The zero-order valence-electron chi connectivity index (χ0n) is 17.8. The largest absolute Gasteiger partial charge is 0.366 e. The number of nitrogens with zero attached hydrogens (tertiary/aromatic N) is 3. The van der Waals surface area contributed by atoms with E-state index in [1.54, 1.807) is 22.8 Å². The number of carbonyl (C=O) groups is 2. The Hall–Kier alpha value is -2.61. The van der Waals surface area contributed by atoms with Gasteiger partial charge >= 0.3 is 5.69 Å². The number of H-pyrrole nitrogens is 1. The maximum Gasteiger partial charge on any atom is 0.326 e. The molecule has 3 N–H and O–H groups in total. The number of rotatable bonds is 4. The van der Waals surface area contributed by atoms with E-state index in [1.165, 1.54) is 0 Å². The fraction of sp³-hybridized carbons (Fsp3) is 0.591. The highest BCUT2D eigenvalue weighted by molar-refractivity contribution is 5.96. The maximum atomic E-state index is 12.7. The molecule has 3 heterocycles. The molecule has 0 aliphatic carbocycles. The molecule has 2 aromatic rings. The number of hydrogen-bond donors (Lipinski definition) is 2. The van der Waals surface area contributed by atoms with Crippen molar-refractivity contribution in [2.45, 2.75) is 45.6 Å². The molecule has 1 aromatic heterocycles. The highest BCUT2D eigenvalue weighted by atomic mass is 16.2. The number of imidazole rings is 1. The predicted molar refractivity (Wildman–Crippen MR) is 115 cm³/mol. The van der Waals surface area contributed by atoms with Crippen LogP contribution in [-0.2, 0) is 4.79 Å². The Morgan fingerprint density at radius 3 is 2.43 bits per heavy atom. The van der Waals surface area contributed by atoms with Gasteiger partial charge in [-0.3, -0.25) is 19.1 Å². The van der Waals surface area contributed by atoms with Gasteiger partial charge in [0.1, 0.15) is 0 Å². The van der Waals surface area contributed by atoms with E-state index in [0.717, 1.165) is 57.4 Å². The van der Waals surface area contributed by atoms with Crippen molar-refractivity contribution in [1.29, 1.82) is 0 Å². The number of benzene rings is 1. The first-order valence-electron chi connectivity index (χ1n) is 10.8. The zero-order valence-corrected chi connectivity index (χ0v) is 17.8. The normalized spacial score (nSPS) is 20.5. The summed E-state index contributed by atoms with van der Waals surface area (Å²) in [6, 6.07) is 5.14. The van der Waals surface area contributed by atoms with E-state index in [2.05, 4.69) is 23.7 Å².